The number of amides is 1. The van der Waals surface area contributed by atoms with E-state index in [0.29, 0.717) is 33.8 Å². The number of likely N-dealkylation sites (N-methyl/N-ethyl adjacent to an activating group) is 1. The van der Waals surface area contributed by atoms with E-state index in [2.05, 4.69) is 11.2 Å². The number of halogens is 2. The molecule has 0 aromatic heterocycles. The van der Waals surface area contributed by atoms with Crippen molar-refractivity contribution in [2.24, 2.45) is 0 Å². The lowest BCUT2D eigenvalue weighted by molar-refractivity contribution is -0.133. The molecule has 1 heterocycles. The van der Waals surface area contributed by atoms with Gasteiger partial charge in [0.25, 0.3) is 0 Å². The summed E-state index contributed by atoms with van der Waals surface area (Å²) in [6.07, 6.45) is 8.71. The SMILES string of the molecule is CSC1CCCC(N(C)C(=O)Cc2ccc(Cl)c(Cl)c2)C1N1CCCC1. The number of nitrogens with zero attached hydrogens (tertiary/aromatic N) is 2. The molecule has 0 N–H and O–H groups in total. The Morgan fingerprint density at radius 2 is 1.92 bits per heavy atom. The molecule has 1 aromatic rings. The normalized spacial score (nSPS) is 26.8. The Morgan fingerprint density at radius 1 is 1.19 bits per heavy atom. The molecule has 26 heavy (non-hydrogen) atoms. The first kappa shape index (κ1) is 20.3. The van der Waals surface area contributed by atoms with Gasteiger partial charge in [0, 0.05) is 24.4 Å². The average Bonchev–Trinajstić information content (AvgIpc) is 3.17. The van der Waals surface area contributed by atoms with Crippen LogP contribution in [-0.2, 0) is 11.2 Å². The van der Waals surface area contributed by atoms with Crippen molar-refractivity contribution in [3.05, 3.63) is 33.8 Å². The molecule has 3 nitrogen and oxygen atoms in total. The fourth-order valence-corrected chi connectivity index (χ4v) is 5.81. The third kappa shape index (κ3) is 4.52. The molecule has 3 atom stereocenters. The maximum atomic E-state index is 13.0. The van der Waals surface area contributed by atoms with E-state index in [-0.39, 0.29) is 5.91 Å². The van der Waals surface area contributed by atoms with Crippen LogP contribution < -0.4 is 0 Å². The minimum absolute atomic E-state index is 0.166. The average molecular weight is 415 g/mol. The van der Waals surface area contributed by atoms with E-state index < -0.39 is 0 Å². The summed E-state index contributed by atoms with van der Waals surface area (Å²) in [5, 5.41) is 1.65. The molecular formula is C20H28Cl2N2OS. The Balaban J connectivity index is 1.73. The number of hydrogen-bond donors (Lipinski definition) is 0. The maximum absolute atomic E-state index is 13.0. The first-order valence-corrected chi connectivity index (χ1v) is 11.5. The molecule has 2 fully saturated rings. The zero-order chi connectivity index (χ0) is 18.7. The van der Waals surface area contributed by atoms with E-state index >= 15 is 0 Å². The summed E-state index contributed by atoms with van der Waals surface area (Å²) in [6, 6.07) is 6.24. The molecule has 2 aliphatic rings. The summed E-state index contributed by atoms with van der Waals surface area (Å²) in [7, 11) is 1.98. The van der Waals surface area contributed by atoms with Gasteiger partial charge in [0.15, 0.2) is 0 Å². The molecule has 144 valence electrons. The highest BCUT2D eigenvalue weighted by Gasteiger charge is 2.40. The van der Waals surface area contributed by atoms with E-state index in [4.69, 9.17) is 23.2 Å². The number of rotatable bonds is 5. The lowest BCUT2D eigenvalue weighted by Gasteiger charge is -2.46. The minimum atomic E-state index is 0.166. The van der Waals surface area contributed by atoms with E-state index in [1.807, 2.05) is 29.8 Å². The standard InChI is InChI=1S/C20H28Cl2N2OS/c1-23(19(25)13-14-8-9-15(21)16(22)12-14)17-6-5-7-18(26-2)20(17)24-10-3-4-11-24/h8-9,12,17-18,20H,3-7,10-11,13H2,1-2H3. The van der Waals surface area contributed by atoms with E-state index in [1.54, 1.807) is 12.1 Å². The third-order valence-electron chi connectivity index (χ3n) is 5.86. The molecule has 3 rings (SSSR count). The Kier molecular flexibility index (Phi) is 7.18. The van der Waals surface area contributed by atoms with Crippen LogP contribution >= 0.6 is 35.0 Å². The predicted octanol–water partition coefficient (Wildman–Crippen LogP) is 4.74. The smallest absolute Gasteiger partial charge is 0.227 e. The number of benzene rings is 1. The first-order valence-electron chi connectivity index (χ1n) is 9.47. The van der Waals surface area contributed by atoms with E-state index in [9.17, 15) is 4.79 Å². The largest absolute Gasteiger partial charge is 0.341 e. The Hall–Kier alpha value is -0.420. The van der Waals surface area contributed by atoms with Gasteiger partial charge in [0.1, 0.15) is 0 Å². The first-order chi connectivity index (χ1) is 12.5. The molecule has 3 unspecified atom stereocenters. The van der Waals surface area contributed by atoms with Crippen molar-refractivity contribution >= 4 is 40.9 Å². The highest BCUT2D eigenvalue weighted by Crippen LogP contribution is 2.35. The zero-order valence-electron chi connectivity index (χ0n) is 15.6. The van der Waals surface area contributed by atoms with E-state index in [1.165, 1.54) is 38.8 Å². The molecule has 1 saturated heterocycles. The molecular weight excluding hydrogens is 387 g/mol. The van der Waals surface area contributed by atoms with Crippen LogP contribution in [0, 0.1) is 0 Å². The van der Waals surface area contributed by atoms with Gasteiger partial charge in [0.05, 0.1) is 16.5 Å². The summed E-state index contributed by atoms with van der Waals surface area (Å²) in [5.41, 5.74) is 0.922. The zero-order valence-corrected chi connectivity index (χ0v) is 17.9. The second-order valence-corrected chi connectivity index (χ2v) is 9.33. The van der Waals surface area contributed by atoms with Crippen LogP contribution in [0.15, 0.2) is 18.2 Å². The van der Waals surface area contributed by atoms with Crippen molar-refractivity contribution in [2.45, 2.75) is 55.9 Å². The second kappa shape index (κ2) is 9.18. The molecule has 1 amide bonds. The molecule has 1 aromatic carbocycles. The van der Waals surface area contributed by atoms with Crippen LogP contribution in [0.3, 0.4) is 0 Å². The van der Waals surface area contributed by atoms with Gasteiger partial charge < -0.3 is 4.90 Å². The van der Waals surface area contributed by atoms with Crippen molar-refractivity contribution in [1.82, 2.24) is 9.80 Å². The summed E-state index contributed by atoms with van der Waals surface area (Å²) in [5.74, 6) is 0.166. The molecule has 1 aliphatic carbocycles. The summed E-state index contributed by atoms with van der Waals surface area (Å²) in [4.78, 5) is 17.6. The van der Waals surface area contributed by atoms with Gasteiger partial charge in [-0.1, -0.05) is 35.7 Å². The molecule has 0 bridgehead atoms. The number of carbonyl (C=O) groups is 1. The van der Waals surface area contributed by atoms with Gasteiger partial charge in [0.2, 0.25) is 5.91 Å². The molecule has 0 spiro atoms. The quantitative estimate of drug-likeness (QED) is 0.694. The van der Waals surface area contributed by atoms with Gasteiger partial charge in [-0.15, -0.1) is 0 Å². The van der Waals surface area contributed by atoms with Gasteiger partial charge in [-0.05, 0) is 62.7 Å². The fourth-order valence-electron chi connectivity index (χ4n) is 4.45. The van der Waals surface area contributed by atoms with Crippen LogP contribution in [0.5, 0.6) is 0 Å². The third-order valence-corrected chi connectivity index (χ3v) is 7.72. The Bertz CT molecular complexity index is 634. The number of likely N-dealkylation sites (tertiary alicyclic amines) is 1. The maximum Gasteiger partial charge on any atom is 0.227 e. The van der Waals surface area contributed by atoms with Crippen LogP contribution in [0.2, 0.25) is 10.0 Å². The summed E-state index contributed by atoms with van der Waals surface area (Å²) < 4.78 is 0. The fraction of sp³-hybridized carbons (Fsp3) is 0.650. The van der Waals surface area contributed by atoms with Crippen molar-refractivity contribution < 1.29 is 4.79 Å². The molecule has 6 heteroatoms. The van der Waals surface area contributed by atoms with Gasteiger partial charge in [-0.3, -0.25) is 9.69 Å². The highest BCUT2D eigenvalue weighted by molar-refractivity contribution is 7.99. The molecule has 0 radical (unpaired) electrons. The Morgan fingerprint density at radius 3 is 2.58 bits per heavy atom. The van der Waals surface area contributed by atoms with Crippen LogP contribution in [-0.4, -0.2) is 59.4 Å². The molecule has 1 aliphatic heterocycles. The van der Waals surface area contributed by atoms with Crippen LogP contribution in [0.25, 0.3) is 0 Å². The lowest BCUT2D eigenvalue weighted by atomic mass is 9.87. The highest BCUT2D eigenvalue weighted by atomic mass is 35.5. The second-order valence-electron chi connectivity index (χ2n) is 7.44. The van der Waals surface area contributed by atoms with Crippen molar-refractivity contribution in [3.63, 3.8) is 0 Å². The number of carbonyl (C=O) groups excluding carboxylic acids is 1. The van der Waals surface area contributed by atoms with Crippen molar-refractivity contribution in [3.8, 4) is 0 Å². The Labute approximate surface area is 171 Å². The minimum Gasteiger partial charge on any atom is -0.341 e. The number of hydrogen-bond acceptors (Lipinski definition) is 3. The topological polar surface area (TPSA) is 23.6 Å². The van der Waals surface area contributed by atoms with Gasteiger partial charge in [-0.25, -0.2) is 0 Å². The van der Waals surface area contributed by atoms with Crippen LogP contribution in [0.1, 0.15) is 37.7 Å². The summed E-state index contributed by atoms with van der Waals surface area (Å²) >= 11 is 14.1. The number of thioether (sulfide) groups is 1. The van der Waals surface area contributed by atoms with Crippen LogP contribution in [0.4, 0.5) is 0 Å². The lowest BCUT2D eigenvalue weighted by Crippen LogP contribution is -2.58. The van der Waals surface area contributed by atoms with Crippen molar-refractivity contribution in [1.29, 1.82) is 0 Å². The monoisotopic (exact) mass is 414 g/mol. The van der Waals surface area contributed by atoms with Gasteiger partial charge in [-0.2, -0.15) is 11.8 Å². The van der Waals surface area contributed by atoms with Crippen molar-refractivity contribution in [2.75, 3.05) is 26.4 Å². The molecule has 1 saturated carbocycles. The van der Waals surface area contributed by atoms with E-state index in [0.717, 1.165) is 12.0 Å². The predicted molar refractivity (Wildman–Crippen MR) is 112 cm³/mol. The van der Waals surface area contributed by atoms with Gasteiger partial charge >= 0.3 is 0 Å². The summed E-state index contributed by atoms with van der Waals surface area (Å²) in [6.45, 7) is 2.35.